The van der Waals surface area contributed by atoms with E-state index in [0.717, 1.165) is 65.3 Å². The highest BCUT2D eigenvalue weighted by molar-refractivity contribution is 8.07. The number of fused-ring (bicyclic) bond motifs is 9. The maximum Gasteiger partial charge on any atom is 0.145 e. The van der Waals surface area contributed by atoms with Gasteiger partial charge in [0.2, 0.25) is 0 Å². The lowest BCUT2D eigenvalue weighted by atomic mass is 9.97. The van der Waals surface area contributed by atoms with Crippen molar-refractivity contribution in [3.8, 4) is 33.6 Å². The SMILES string of the molecule is C=CC(=C)SC(=C)C(=CC)c1cnc2c(c1)c1ccccc1n2-c1ccc2c(c1)c1ccccc1n2-c1cccc(-c2cccc(-c3cccc4c3sc3ccccc34)c2)c1. The van der Waals surface area contributed by atoms with Crippen LogP contribution in [0, 0.1) is 0 Å². The predicted octanol–water partition coefficient (Wildman–Crippen LogP) is 16.3. The molecular weight excluding hydrogens is 779 g/mol. The number of para-hydroxylation sites is 2. The van der Waals surface area contributed by atoms with E-state index in [4.69, 9.17) is 4.98 Å². The fraction of sp³-hybridized carbons (Fsp3) is 0.0179. The second-order valence-electron chi connectivity index (χ2n) is 15.3. The maximum absolute atomic E-state index is 5.15. The summed E-state index contributed by atoms with van der Waals surface area (Å²) in [7, 11) is 0. The summed E-state index contributed by atoms with van der Waals surface area (Å²) in [6, 6.07) is 59.7. The standard InChI is InChI=1S/C56H39N3S2/c1-5-35(3)60-36(4)43(6-2)40-32-50-46-21-8-11-26-52(46)59(56(50)57-34-40)42-28-29-53-49(33-42)45-20-7-10-25-51(45)58(53)41-19-14-17-38(31-41)37-16-13-18-39(30-37)44-23-15-24-48-47-22-9-12-27-54(47)61-55(44)48/h5-34H,1,3-4H2,2H3. The van der Waals surface area contributed by atoms with Crippen LogP contribution in [0.3, 0.4) is 0 Å². The van der Waals surface area contributed by atoms with Crippen molar-refractivity contribution in [1.29, 1.82) is 0 Å². The molecule has 4 aromatic heterocycles. The molecule has 11 aromatic rings. The number of hydrogen-bond donors (Lipinski definition) is 0. The first-order chi connectivity index (χ1) is 30.0. The van der Waals surface area contributed by atoms with E-state index in [0.29, 0.717) is 0 Å². The van der Waals surface area contributed by atoms with E-state index in [-0.39, 0.29) is 0 Å². The average Bonchev–Trinajstić information content (AvgIpc) is 3.97. The lowest BCUT2D eigenvalue weighted by molar-refractivity contribution is 1.13. The van der Waals surface area contributed by atoms with Crippen LogP contribution < -0.4 is 0 Å². The highest BCUT2D eigenvalue weighted by Gasteiger charge is 2.19. The van der Waals surface area contributed by atoms with Crippen LogP contribution in [0.5, 0.6) is 0 Å². The van der Waals surface area contributed by atoms with Crippen molar-refractivity contribution in [1.82, 2.24) is 14.1 Å². The molecule has 0 aliphatic rings. The van der Waals surface area contributed by atoms with E-state index in [1.54, 1.807) is 6.08 Å². The molecule has 3 nitrogen and oxygen atoms in total. The molecular formula is C56H39N3S2. The van der Waals surface area contributed by atoms with E-state index < -0.39 is 0 Å². The Labute approximate surface area is 362 Å². The smallest absolute Gasteiger partial charge is 0.145 e. The molecule has 0 radical (unpaired) electrons. The van der Waals surface area contributed by atoms with E-state index in [2.05, 4.69) is 199 Å². The van der Waals surface area contributed by atoms with Gasteiger partial charge in [0.25, 0.3) is 0 Å². The quantitative estimate of drug-likeness (QED) is 0.135. The first kappa shape index (κ1) is 36.9. The van der Waals surface area contributed by atoms with E-state index >= 15 is 0 Å². The second kappa shape index (κ2) is 14.8. The van der Waals surface area contributed by atoms with Gasteiger partial charge in [-0.1, -0.05) is 147 Å². The molecule has 0 saturated heterocycles. The Kier molecular flexibility index (Phi) is 8.96. The number of thiophene rings is 1. The number of aromatic nitrogens is 3. The van der Waals surface area contributed by atoms with Crippen molar-refractivity contribution in [2.24, 2.45) is 0 Å². The lowest BCUT2D eigenvalue weighted by Crippen LogP contribution is -1.97. The summed E-state index contributed by atoms with van der Waals surface area (Å²) in [5.41, 5.74) is 13.4. The normalized spacial score (nSPS) is 12.0. The summed E-state index contributed by atoms with van der Waals surface area (Å²) in [4.78, 5) is 6.93. The Morgan fingerprint density at radius 1 is 0.574 bits per heavy atom. The number of pyridine rings is 1. The third-order valence-electron chi connectivity index (χ3n) is 11.8. The number of nitrogens with zero attached hydrogens (tertiary/aromatic N) is 3. The average molecular weight is 818 g/mol. The van der Waals surface area contributed by atoms with Crippen molar-refractivity contribution in [2.75, 3.05) is 0 Å². The van der Waals surface area contributed by atoms with Crippen molar-refractivity contribution in [3.63, 3.8) is 0 Å². The molecule has 0 bridgehead atoms. The molecule has 0 N–H and O–H groups in total. The summed E-state index contributed by atoms with van der Waals surface area (Å²) in [5, 5.41) is 7.27. The van der Waals surface area contributed by atoms with E-state index in [9.17, 15) is 0 Å². The Hall–Kier alpha value is -7.18. The Bertz CT molecular complexity index is 3650. The molecule has 11 rings (SSSR count). The molecule has 0 amide bonds. The molecule has 0 aliphatic carbocycles. The molecule has 0 unspecified atom stereocenters. The molecule has 7 aromatic carbocycles. The number of rotatable bonds is 9. The van der Waals surface area contributed by atoms with Crippen molar-refractivity contribution < 1.29 is 0 Å². The molecule has 0 atom stereocenters. The van der Waals surface area contributed by atoms with Crippen LogP contribution in [0.1, 0.15) is 12.5 Å². The maximum atomic E-state index is 5.15. The van der Waals surface area contributed by atoms with Gasteiger partial charge in [0, 0.05) is 74.7 Å². The number of hydrogen-bond acceptors (Lipinski definition) is 3. The minimum Gasteiger partial charge on any atom is -0.309 e. The van der Waals surface area contributed by atoms with Gasteiger partial charge in [-0.15, -0.1) is 11.3 Å². The van der Waals surface area contributed by atoms with Crippen LogP contribution in [-0.4, -0.2) is 14.1 Å². The first-order valence-corrected chi connectivity index (χ1v) is 22.0. The van der Waals surface area contributed by atoms with Crippen LogP contribution >= 0.6 is 23.1 Å². The highest BCUT2D eigenvalue weighted by Crippen LogP contribution is 2.42. The molecule has 4 heterocycles. The van der Waals surface area contributed by atoms with Crippen LogP contribution in [-0.2, 0) is 0 Å². The van der Waals surface area contributed by atoms with Gasteiger partial charge < -0.3 is 4.57 Å². The third-order valence-corrected chi connectivity index (χ3v) is 13.9. The second-order valence-corrected chi connectivity index (χ2v) is 17.6. The fourth-order valence-electron chi connectivity index (χ4n) is 9.04. The van der Waals surface area contributed by atoms with Crippen molar-refractivity contribution in [2.45, 2.75) is 6.92 Å². The number of thioether (sulfide) groups is 1. The van der Waals surface area contributed by atoms with Gasteiger partial charge in [-0.3, -0.25) is 4.57 Å². The van der Waals surface area contributed by atoms with Crippen molar-refractivity contribution in [3.05, 3.63) is 217 Å². The molecule has 290 valence electrons. The zero-order chi connectivity index (χ0) is 41.2. The Morgan fingerprint density at radius 3 is 2.02 bits per heavy atom. The van der Waals surface area contributed by atoms with Gasteiger partial charge in [0.15, 0.2) is 0 Å². The first-order valence-electron chi connectivity index (χ1n) is 20.4. The minimum atomic E-state index is 0.863. The van der Waals surface area contributed by atoms with Crippen molar-refractivity contribution >= 4 is 92.6 Å². The topological polar surface area (TPSA) is 22.8 Å². The van der Waals surface area contributed by atoms with Gasteiger partial charge in [0.1, 0.15) is 5.65 Å². The zero-order valence-corrected chi connectivity index (χ0v) is 35.2. The van der Waals surface area contributed by atoms with Crippen LogP contribution in [0.25, 0.3) is 103 Å². The van der Waals surface area contributed by atoms with Crippen LogP contribution in [0.4, 0.5) is 0 Å². The number of benzene rings is 7. The van der Waals surface area contributed by atoms with Crippen LogP contribution in [0.2, 0.25) is 0 Å². The van der Waals surface area contributed by atoms with Gasteiger partial charge >= 0.3 is 0 Å². The molecule has 61 heavy (non-hydrogen) atoms. The van der Waals surface area contributed by atoms with Crippen LogP contribution in [0.15, 0.2) is 212 Å². The van der Waals surface area contributed by atoms with Gasteiger partial charge in [-0.05, 0) is 95.4 Å². The van der Waals surface area contributed by atoms with Gasteiger partial charge in [-0.2, -0.15) is 0 Å². The van der Waals surface area contributed by atoms with E-state index in [1.165, 1.54) is 65.0 Å². The molecule has 0 fully saturated rings. The Balaban J connectivity index is 1.02. The monoisotopic (exact) mass is 817 g/mol. The largest absolute Gasteiger partial charge is 0.309 e. The summed E-state index contributed by atoms with van der Waals surface area (Å²) in [6.45, 7) is 14.4. The molecule has 0 aliphatic heterocycles. The summed E-state index contributed by atoms with van der Waals surface area (Å²) in [5.74, 6) is 0. The molecule has 0 saturated carbocycles. The minimum absolute atomic E-state index is 0.863. The van der Waals surface area contributed by atoms with Gasteiger partial charge in [0.05, 0.1) is 16.6 Å². The van der Waals surface area contributed by atoms with E-state index in [1.807, 2.05) is 24.5 Å². The Morgan fingerprint density at radius 2 is 1.21 bits per heavy atom. The predicted molar refractivity (Wildman–Crippen MR) is 266 cm³/mol. The zero-order valence-electron chi connectivity index (χ0n) is 33.6. The summed E-state index contributed by atoms with van der Waals surface area (Å²) in [6.07, 6.45) is 5.82. The molecule has 5 heteroatoms. The third kappa shape index (κ3) is 6.08. The fourth-order valence-corrected chi connectivity index (χ4v) is 11.0. The highest BCUT2D eigenvalue weighted by atomic mass is 32.2. The van der Waals surface area contributed by atoms with Gasteiger partial charge in [-0.25, -0.2) is 4.98 Å². The summed E-state index contributed by atoms with van der Waals surface area (Å²) >= 11 is 3.41. The lowest BCUT2D eigenvalue weighted by Gasteiger charge is -2.12. The number of allylic oxidation sites excluding steroid dienone is 3. The summed E-state index contributed by atoms with van der Waals surface area (Å²) < 4.78 is 7.35. The molecule has 0 spiro atoms.